The second-order valence-electron chi connectivity index (χ2n) is 4.90. The molecule has 1 aliphatic heterocycles. The molecule has 6 heteroatoms. The van der Waals surface area contributed by atoms with Crippen molar-refractivity contribution < 1.29 is 4.42 Å². The SMILES string of the molecule is Nc1nnc(-c2ccc(CN3CCCCCC3)s2)o1. The summed E-state index contributed by atoms with van der Waals surface area (Å²) in [7, 11) is 0. The van der Waals surface area contributed by atoms with Crippen LogP contribution in [0, 0.1) is 0 Å². The first kappa shape index (κ1) is 12.6. The Morgan fingerprint density at radius 1 is 1.16 bits per heavy atom. The average molecular weight is 278 g/mol. The van der Waals surface area contributed by atoms with E-state index in [0.29, 0.717) is 5.89 Å². The Morgan fingerprint density at radius 2 is 1.95 bits per heavy atom. The third-order valence-corrected chi connectivity index (χ3v) is 4.45. The highest BCUT2D eigenvalue weighted by atomic mass is 32.1. The van der Waals surface area contributed by atoms with Gasteiger partial charge < -0.3 is 10.2 Å². The standard InChI is InChI=1S/C13H18N4OS/c14-13-16-15-12(18-13)11-6-5-10(19-11)9-17-7-3-1-2-4-8-17/h5-6H,1-4,7-9H2,(H2,14,16). The van der Waals surface area contributed by atoms with E-state index in [-0.39, 0.29) is 6.01 Å². The van der Waals surface area contributed by atoms with E-state index >= 15 is 0 Å². The van der Waals surface area contributed by atoms with Crippen LogP contribution >= 0.6 is 11.3 Å². The van der Waals surface area contributed by atoms with Gasteiger partial charge >= 0.3 is 6.01 Å². The zero-order valence-electron chi connectivity index (χ0n) is 10.8. The molecule has 0 unspecified atom stereocenters. The van der Waals surface area contributed by atoms with Gasteiger partial charge in [-0.25, -0.2) is 0 Å². The van der Waals surface area contributed by atoms with E-state index in [2.05, 4.69) is 21.2 Å². The van der Waals surface area contributed by atoms with E-state index in [4.69, 9.17) is 10.2 Å². The number of hydrogen-bond donors (Lipinski definition) is 1. The number of likely N-dealkylation sites (tertiary alicyclic amines) is 1. The van der Waals surface area contributed by atoms with Gasteiger partial charge in [0.25, 0.3) is 5.89 Å². The molecule has 102 valence electrons. The van der Waals surface area contributed by atoms with Crippen molar-refractivity contribution in [2.24, 2.45) is 0 Å². The van der Waals surface area contributed by atoms with Gasteiger partial charge in [0.2, 0.25) is 0 Å². The number of nitrogens with two attached hydrogens (primary N) is 1. The van der Waals surface area contributed by atoms with Crippen LogP contribution in [0.25, 0.3) is 10.8 Å². The molecule has 0 spiro atoms. The van der Waals surface area contributed by atoms with Crippen molar-refractivity contribution in [3.8, 4) is 10.8 Å². The molecule has 2 aromatic heterocycles. The van der Waals surface area contributed by atoms with E-state index < -0.39 is 0 Å². The van der Waals surface area contributed by atoms with Crippen molar-refractivity contribution in [3.05, 3.63) is 17.0 Å². The molecule has 2 N–H and O–H groups in total. The predicted molar refractivity (Wildman–Crippen MR) is 75.8 cm³/mol. The van der Waals surface area contributed by atoms with Crippen molar-refractivity contribution >= 4 is 17.4 Å². The first-order valence-electron chi connectivity index (χ1n) is 6.72. The van der Waals surface area contributed by atoms with E-state index in [0.717, 1.165) is 11.4 Å². The lowest BCUT2D eigenvalue weighted by Gasteiger charge is -2.18. The maximum absolute atomic E-state index is 5.45. The maximum Gasteiger partial charge on any atom is 0.313 e. The molecule has 1 saturated heterocycles. The van der Waals surface area contributed by atoms with Gasteiger partial charge in [-0.1, -0.05) is 17.9 Å². The number of rotatable bonds is 3. The number of thiophene rings is 1. The van der Waals surface area contributed by atoms with Crippen LogP contribution in [0.15, 0.2) is 16.5 Å². The minimum atomic E-state index is 0.123. The van der Waals surface area contributed by atoms with Crippen molar-refractivity contribution in [2.75, 3.05) is 18.8 Å². The number of nitrogens with zero attached hydrogens (tertiary/aromatic N) is 3. The maximum atomic E-state index is 5.45. The van der Waals surface area contributed by atoms with Gasteiger partial charge in [-0.05, 0) is 38.1 Å². The van der Waals surface area contributed by atoms with Gasteiger partial charge in [0.05, 0.1) is 4.88 Å². The summed E-state index contributed by atoms with van der Waals surface area (Å²) < 4.78 is 5.25. The van der Waals surface area contributed by atoms with E-state index in [1.54, 1.807) is 11.3 Å². The van der Waals surface area contributed by atoms with Gasteiger partial charge in [-0.15, -0.1) is 16.4 Å². The first-order valence-corrected chi connectivity index (χ1v) is 7.53. The van der Waals surface area contributed by atoms with Crippen LogP contribution in [-0.2, 0) is 6.54 Å². The normalized spacial score (nSPS) is 17.5. The summed E-state index contributed by atoms with van der Waals surface area (Å²) in [5, 5.41) is 7.60. The van der Waals surface area contributed by atoms with Crippen LogP contribution in [-0.4, -0.2) is 28.2 Å². The van der Waals surface area contributed by atoms with Crippen LogP contribution in [0.1, 0.15) is 30.6 Å². The molecule has 0 saturated carbocycles. The Morgan fingerprint density at radius 3 is 2.63 bits per heavy atom. The number of nitrogen functional groups attached to an aromatic ring is 1. The number of anilines is 1. The summed E-state index contributed by atoms with van der Waals surface area (Å²) in [5.41, 5.74) is 5.45. The second-order valence-corrected chi connectivity index (χ2v) is 6.07. The molecule has 2 aromatic rings. The smallest absolute Gasteiger partial charge is 0.313 e. The fourth-order valence-corrected chi connectivity index (χ4v) is 3.40. The zero-order chi connectivity index (χ0) is 13.1. The van der Waals surface area contributed by atoms with Crippen LogP contribution in [0.5, 0.6) is 0 Å². The Hall–Kier alpha value is -1.40. The van der Waals surface area contributed by atoms with Gasteiger partial charge in [-0.2, -0.15) is 0 Å². The molecule has 3 heterocycles. The fraction of sp³-hybridized carbons (Fsp3) is 0.538. The molecule has 19 heavy (non-hydrogen) atoms. The number of aromatic nitrogens is 2. The molecule has 1 aliphatic rings. The molecule has 0 bridgehead atoms. The summed E-state index contributed by atoms with van der Waals surface area (Å²) >= 11 is 1.71. The minimum absolute atomic E-state index is 0.123. The van der Waals surface area contributed by atoms with Crippen molar-refractivity contribution in [1.82, 2.24) is 15.1 Å². The van der Waals surface area contributed by atoms with E-state index in [9.17, 15) is 0 Å². The molecular formula is C13H18N4OS. The zero-order valence-corrected chi connectivity index (χ0v) is 11.7. The largest absolute Gasteiger partial charge is 0.403 e. The first-order chi connectivity index (χ1) is 9.31. The Kier molecular flexibility index (Phi) is 3.79. The molecular weight excluding hydrogens is 260 g/mol. The monoisotopic (exact) mass is 278 g/mol. The number of hydrogen-bond acceptors (Lipinski definition) is 6. The molecule has 0 atom stereocenters. The average Bonchev–Trinajstić information content (AvgIpc) is 2.94. The van der Waals surface area contributed by atoms with Crippen LogP contribution in [0.4, 0.5) is 6.01 Å². The second kappa shape index (κ2) is 5.71. The van der Waals surface area contributed by atoms with Crippen LogP contribution < -0.4 is 5.73 Å². The van der Waals surface area contributed by atoms with Crippen molar-refractivity contribution in [2.45, 2.75) is 32.2 Å². The lowest BCUT2D eigenvalue weighted by molar-refractivity contribution is 0.279. The summed E-state index contributed by atoms with van der Waals surface area (Å²) in [4.78, 5) is 4.87. The van der Waals surface area contributed by atoms with Gasteiger partial charge in [0.15, 0.2) is 0 Å². The van der Waals surface area contributed by atoms with Gasteiger partial charge in [-0.3, -0.25) is 4.90 Å². The molecule has 0 radical (unpaired) electrons. The lowest BCUT2D eigenvalue weighted by atomic mass is 10.2. The minimum Gasteiger partial charge on any atom is -0.403 e. The third-order valence-electron chi connectivity index (χ3n) is 3.39. The van der Waals surface area contributed by atoms with E-state index in [1.165, 1.54) is 43.6 Å². The summed E-state index contributed by atoms with van der Waals surface area (Å²) in [6, 6.07) is 4.30. The van der Waals surface area contributed by atoms with Crippen molar-refractivity contribution in [3.63, 3.8) is 0 Å². The molecule has 5 nitrogen and oxygen atoms in total. The molecule has 0 aliphatic carbocycles. The summed E-state index contributed by atoms with van der Waals surface area (Å²) in [6.07, 6.45) is 5.37. The van der Waals surface area contributed by atoms with Crippen LogP contribution in [0.2, 0.25) is 0 Å². The third kappa shape index (κ3) is 3.13. The lowest BCUT2D eigenvalue weighted by Crippen LogP contribution is -2.23. The highest BCUT2D eigenvalue weighted by Gasteiger charge is 2.13. The Labute approximate surface area is 116 Å². The van der Waals surface area contributed by atoms with Crippen molar-refractivity contribution in [1.29, 1.82) is 0 Å². The quantitative estimate of drug-likeness (QED) is 0.935. The van der Waals surface area contributed by atoms with Crippen LogP contribution in [0.3, 0.4) is 0 Å². The molecule has 3 rings (SSSR count). The predicted octanol–water partition coefficient (Wildman–Crippen LogP) is 2.76. The van der Waals surface area contributed by atoms with E-state index in [1.807, 2.05) is 6.07 Å². The summed E-state index contributed by atoms with van der Waals surface area (Å²) in [5.74, 6) is 0.518. The Balaban J connectivity index is 1.67. The van der Waals surface area contributed by atoms with Gasteiger partial charge in [0.1, 0.15) is 0 Å². The molecule has 1 fully saturated rings. The van der Waals surface area contributed by atoms with Gasteiger partial charge in [0, 0.05) is 11.4 Å². The Bertz CT molecular complexity index is 528. The molecule has 0 aromatic carbocycles. The fourth-order valence-electron chi connectivity index (χ4n) is 2.43. The summed E-state index contributed by atoms with van der Waals surface area (Å²) in [6.45, 7) is 3.44. The highest BCUT2D eigenvalue weighted by Crippen LogP contribution is 2.28. The molecule has 0 amide bonds. The topological polar surface area (TPSA) is 68.2 Å². The highest BCUT2D eigenvalue weighted by molar-refractivity contribution is 7.15.